The molecule has 0 aliphatic carbocycles. The van der Waals surface area contributed by atoms with Gasteiger partial charge in [0, 0.05) is 11.3 Å². The van der Waals surface area contributed by atoms with E-state index in [-0.39, 0.29) is 5.91 Å². The molecule has 1 aliphatic heterocycles. The number of rotatable bonds is 1. The number of ether oxygens (including phenoxy) is 1. The molecule has 18 heavy (non-hydrogen) atoms. The predicted octanol–water partition coefficient (Wildman–Crippen LogP) is 2.24. The first-order valence-electron chi connectivity index (χ1n) is 5.89. The average molecular weight is 247 g/mol. The molecule has 0 bridgehead atoms. The molecular weight excluding hydrogens is 230 g/mol. The summed E-state index contributed by atoms with van der Waals surface area (Å²) in [6.07, 6.45) is 0. The summed E-state index contributed by atoms with van der Waals surface area (Å²) in [5.74, 6) is -0.851. The fourth-order valence-electron chi connectivity index (χ4n) is 1.98. The van der Waals surface area contributed by atoms with Crippen molar-refractivity contribution in [3.05, 3.63) is 29.8 Å². The van der Waals surface area contributed by atoms with E-state index in [1.807, 2.05) is 12.1 Å². The number of fused-ring (bicyclic) bond motifs is 1. The van der Waals surface area contributed by atoms with E-state index < -0.39 is 17.0 Å². The van der Waals surface area contributed by atoms with Crippen LogP contribution in [0.15, 0.2) is 24.3 Å². The molecule has 96 valence electrons. The zero-order valence-corrected chi connectivity index (χ0v) is 11.0. The summed E-state index contributed by atoms with van der Waals surface area (Å²) in [5, 5.41) is 2.71. The Hall–Kier alpha value is -1.84. The number of anilines is 1. The normalized spacial score (nSPS) is 22.3. The van der Waals surface area contributed by atoms with E-state index in [1.54, 1.807) is 39.8 Å². The van der Waals surface area contributed by atoms with Crippen molar-refractivity contribution >= 4 is 17.6 Å². The van der Waals surface area contributed by atoms with Gasteiger partial charge in [-0.25, -0.2) is 0 Å². The molecule has 1 heterocycles. The molecule has 0 unspecified atom stereocenters. The van der Waals surface area contributed by atoms with Crippen molar-refractivity contribution in [1.29, 1.82) is 0 Å². The first-order valence-corrected chi connectivity index (χ1v) is 5.89. The SMILES string of the molecule is CC(C)(C)OC(=O)[C@]1(C)C(=O)Nc2ccccc21. The van der Waals surface area contributed by atoms with Crippen LogP contribution in [0.4, 0.5) is 5.69 Å². The number of carbonyl (C=O) groups excluding carboxylic acids is 2. The number of esters is 1. The average Bonchev–Trinajstić information content (AvgIpc) is 2.51. The van der Waals surface area contributed by atoms with Crippen LogP contribution >= 0.6 is 0 Å². The summed E-state index contributed by atoms with van der Waals surface area (Å²) in [7, 11) is 0. The van der Waals surface area contributed by atoms with E-state index in [9.17, 15) is 9.59 Å². The van der Waals surface area contributed by atoms with Gasteiger partial charge in [-0.3, -0.25) is 9.59 Å². The van der Waals surface area contributed by atoms with Crippen molar-refractivity contribution in [3.8, 4) is 0 Å². The molecular formula is C14H17NO3. The van der Waals surface area contributed by atoms with E-state index in [0.717, 1.165) is 0 Å². The summed E-state index contributed by atoms with van der Waals surface area (Å²) in [6.45, 7) is 6.95. The molecule has 1 amide bonds. The van der Waals surface area contributed by atoms with Crippen LogP contribution < -0.4 is 5.32 Å². The van der Waals surface area contributed by atoms with Crippen LogP contribution in [-0.4, -0.2) is 17.5 Å². The molecule has 0 aromatic heterocycles. The minimum absolute atomic E-state index is 0.335. The van der Waals surface area contributed by atoms with Crippen LogP contribution in [0.5, 0.6) is 0 Å². The van der Waals surface area contributed by atoms with Crippen molar-refractivity contribution < 1.29 is 14.3 Å². The van der Waals surface area contributed by atoms with Gasteiger partial charge in [-0.2, -0.15) is 0 Å². The van der Waals surface area contributed by atoms with Crippen LogP contribution in [0.2, 0.25) is 0 Å². The first-order chi connectivity index (χ1) is 8.25. The second-order valence-corrected chi connectivity index (χ2v) is 5.63. The second-order valence-electron chi connectivity index (χ2n) is 5.63. The maximum atomic E-state index is 12.3. The van der Waals surface area contributed by atoms with Crippen LogP contribution in [0, 0.1) is 0 Å². The van der Waals surface area contributed by atoms with E-state index in [4.69, 9.17) is 4.74 Å². The molecule has 1 N–H and O–H groups in total. The van der Waals surface area contributed by atoms with Crippen LogP contribution in [0.1, 0.15) is 33.3 Å². The highest BCUT2D eigenvalue weighted by atomic mass is 16.6. The van der Waals surface area contributed by atoms with Crippen molar-refractivity contribution in [2.24, 2.45) is 0 Å². The van der Waals surface area contributed by atoms with Crippen LogP contribution in [0.3, 0.4) is 0 Å². The van der Waals surface area contributed by atoms with Crippen molar-refractivity contribution in [2.45, 2.75) is 38.7 Å². The summed E-state index contributed by atoms with van der Waals surface area (Å²) < 4.78 is 5.35. The molecule has 1 atom stereocenters. The lowest BCUT2D eigenvalue weighted by molar-refractivity contribution is -0.163. The number of nitrogens with one attached hydrogen (secondary N) is 1. The summed E-state index contributed by atoms with van der Waals surface area (Å²) in [5.41, 5.74) is -0.526. The lowest BCUT2D eigenvalue weighted by atomic mass is 9.83. The van der Waals surface area contributed by atoms with Gasteiger partial charge in [-0.1, -0.05) is 18.2 Å². The van der Waals surface area contributed by atoms with Gasteiger partial charge in [-0.05, 0) is 33.8 Å². The lowest BCUT2D eigenvalue weighted by Gasteiger charge is -2.26. The Morgan fingerprint density at radius 1 is 1.28 bits per heavy atom. The third-order valence-corrected chi connectivity index (χ3v) is 2.98. The number of benzene rings is 1. The zero-order valence-electron chi connectivity index (χ0n) is 11.0. The third kappa shape index (κ3) is 1.88. The number of amides is 1. The quantitative estimate of drug-likeness (QED) is 0.611. The molecule has 1 aliphatic rings. The highest BCUT2D eigenvalue weighted by Gasteiger charge is 2.51. The van der Waals surface area contributed by atoms with Crippen molar-refractivity contribution in [3.63, 3.8) is 0 Å². The van der Waals surface area contributed by atoms with Crippen LogP contribution in [-0.2, 0) is 19.7 Å². The molecule has 1 aromatic carbocycles. The molecule has 0 radical (unpaired) electrons. The molecule has 0 saturated carbocycles. The Bertz CT molecular complexity index is 516. The van der Waals surface area contributed by atoms with Gasteiger partial charge in [0.1, 0.15) is 5.60 Å². The first kappa shape index (κ1) is 12.6. The Labute approximate surface area is 106 Å². The Balaban J connectivity index is 2.42. The van der Waals surface area contributed by atoms with Crippen molar-refractivity contribution in [1.82, 2.24) is 0 Å². The predicted molar refractivity (Wildman–Crippen MR) is 68.3 cm³/mol. The van der Waals surface area contributed by atoms with Crippen molar-refractivity contribution in [2.75, 3.05) is 5.32 Å². The third-order valence-electron chi connectivity index (χ3n) is 2.98. The van der Waals surface area contributed by atoms with Gasteiger partial charge in [0.15, 0.2) is 5.41 Å². The van der Waals surface area contributed by atoms with Gasteiger partial charge in [0.2, 0.25) is 5.91 Å². The number of hydrogen-bond donors (Lipinski definition) is 1. The summed E-state index contributed by atoms with van der Waals surface area (Å²) in [6, 6.07) is 7.18. The Morgan fingerprint density at radius 3 is 2.50 bits per heavy atom. The summed E-state index contributed by atoms with van der Waals surface area (Å²) in [4.78, 5) is 24.3. The van der Waals surface area contributed by atoms with Gasteiger partial charge < -0.3 is 10.1 Å². The monoisotopic (exact) mass is 247 g/mol. The molecule has 0 fully saturated rings. The van der Waals surface area contributed by atoms with Gasteiger partial charge in [0.05, 0.1) is 0 Å². The Kier molecular flexibility index (Phi) is 2.69. The molecule has 2 rings (SSSR count). The largest absolute Gasteiger partial charge is 0.459 e. The molecule has 4 heteroatoms. The minimum atomic E-state index is -1.26. The van der Waals surface area contributed by atoms with Gasteiger partial charge in [0.25, 0.3) is 0 Å². The van der Waals surface area contributed by atoms with Gasteiger partial charge in [-0.15, -0.1) is 0 Å². The fourth-order valence-corrected chi connectivity index (χ4v) is 1.98. The van der Waals surface area contributed by atoms with E-state index in [0.29, 0.717) is 11.3 Å². The molecule has 0 spiro atoms. The number of hydrogen-bond acceptors (Lipinski definition) is 3. The number of para-hydroxylation sites is 1. The maximum Gasteiger partial charge on any atom is 0.326 e. The standard InChI is InChI=1S/C14H17NO3/c1-13(2,3)18-12(17)14(4)9-7-5-6-8-10(9)15-11(14)16/h5-8H,1-4H3,(H,15,16)/t14-/m0/s1. The summed E-state index contributed by atoms with van der Waals surface area (Å²) >= 11 is 0. The highest BCUT2D eigenvalue weighted by Crippen LogP contribution is 2.39. The lowest BCUT2D eigenvalue weighted by Crippen LogP contribution is -2.43. The van der Waals surface area contributed by atoms with E-state index in [2.05, 4.69) is 5.32 Å². The molecule has 4 nitrogen and oxygen atoms in total. The topological polar surface area (TPSA) is 55.4 Å². The van der Waals surface area contributed by atoms with E-state index in [1.165, 1.54) is 0 Å². The minimum Gasteiger partial charge on any atom is -0.459 e. The van der Waals surface area contributed by atoms with Gasteiger partial charge >= 0.3 is 5.97 Å². The molecule has 1 aromatic rings. The smallest absolute Gasteiger partial charge is 0.326 e. The number of carbonyl (C=O) groups is 2. The highest BCUT2D eigenvalue weighted by molar-refractivity contribution is 6.18. The van der Waals surface area contributed by atoms with E-state index >= 15 is 0 Å². The maximum absolute atomic E-state index is 12.3. The zero-order chi connectivity index (χ0) is 13.6. The molecule has 0 saturated heterocycles. The van der Waals surface area contributed by atoms with Crippen LogP contribution in [0.25, 0.3) is 0 Å². The fraction of sp³-hybridized carbons (Fsp3) is 0.429. The second kappa shape index (κ2) is 3.83. The Morgan fingerprint density at radius 2 is 1.89 bits per heavy atom.